The number of hydrogen-bond donors (Lipinski definition) is 0. The predicted molar refractivity (Wildman–Crippen MR) is 92.2 cm³/mol. The summed E-state index contributed by atoms with van der Waals surface area (Å²) in [4.78, 5) is 0. The van der Waals surface area contributed by atoms with Crippen molar-refractivity contribution < 1.29 is 4.74 Å². The van der Waals surface area contributed by atoms with Gasteiger partial charge < -0.3 is 9.30 Å². The van der Waals surface area contributed by atoms with E-state index < -0.39 is 0 Å². The van der Waals surface area contributed by atoms with Gasteiger partial charge in [0.25, 0.3) is 0 Å². The van der Waals surface area contributed by atoms with Crippen molar-refractivity contribution in [1.82, 2.24) is 4.57 Å². The van der Waals surface area contributed by atoms with Crippen LogP contribution in [0.25, 0.3) is 0 Å². The molecular weight excluding hydrogens is 258 g/mol. The van der Waals surface area contributed by atoms with Gasteiger partial charge in [-0.15, -0.1) is 0 Å². The Balaban J connectivity index is 2.85. The zero-order valence-corrected chi connectivity index (χ0v) is 14.9. The number of aryl methyl sites for hydroxylation is 1. The highest BCUT2D eigenvalue weighted by molar-refractivity contribution is 5.35. The van der Waals surface area contributed by atoms with Crippen molar-refractivity contribution in [3.05, 3.63) is 18.0 Å². The van der Waals surface area contributed by atoms with E-state index >= 15 is 0 Å². The molecule has 0 radical (unpaired) electrons. The number of aromatic nitrogens is 1. The van der Waals surface area contributed by atoms with Crippen LogP contribution in [0.2, 0.25) is 0 Å². The maximum atomic E-state index is 5.63. The van der Waals surface area contributed by atoms with E-state index in [9.17, 15) is 0 Å². The fraction of sp³-hybridized carbons (Fsp3) is 0.789. The molecule has 0 aliphatic carbocycles. The van der Waals surface area contributed by atoms with E-state index in [-0.39, 0.29) is 5.41 Å². The molecule has 0 N–H and O–H groups in total. The molecule has 0 saturated heterocycles. The summed E-state index contributed by atoms with van der Waals surface area (Å²) in [6.07, 6.45) is 13.9. The number of ether oxygens (including phenoxy) is 1. The Bertz CT molecular complexity index is 396. The number of unbranched alkanes of at least 4 members (excludes halogenated alkanes) is 5. The van der Waals surface area contributed by atoms with Crippen molar-refractivity contribution in [2.75, 3.05) is 7.11 Å². The maximum absolute atomic E-state index is 5.63. The van der Waals surface area contributed by atoms with Crippen LogP contribution < -0.4 is 4.74 Å². The summed E-state index contributed by atoms with van der Waals surface area (Å²) in [5, 5.41) is 0. The minimum absolute atomic E-state index is 0.243. The standard InChI is InChI=1S/C19H35NO/c1-6-8-10-12-15-19(3,14-11-9-7-2)18-17(21-5)13-16-20(18)4/h13,16H,6-12,14-15H2,1-5H3. The molecule has 0 aromatic carbocycles. The van der Waals surface area contributed by atoms with Crippen LogP contribution in [-0.4, -0.2) is 11.7 Å². The summed E-state index contributed by atoms with van der Waals surface area (Å²) in [5.41, 5.74) is 1.63. The highest BCUT2D eigenvalue weighted by atomic mass is 16.5. The van der Waals surface area contributed by atoms with Crippen LogP contribution in [0.4, 0.5) is 0 Å². The molecule has 0 spiro atoms. The van der Waals surface area contributed by atoms with Gasteiger partial charge in [-0.3, -0.25) is 0 Å². The average Bonchev–Trinajstić information content (AvgIpc) is 2.86. The Kier molecular flexibility index (Phi) is 7.92. The van der Waals surface area contributed by atoms with Crippen LogP contribution in [0.5, 0.6) is 5.75 Å². The minimum Gasteiger partial charge on any atom is -0.495 e. The van der Waals surface area contributed by atoms with E-state index in [1.165, 1.54) is 63.5 Å². The maximum Gasteiger partial charge on any atom is 0.140 e. The van der Waals surface area contributed by atoms with Gasteiger partial charge in [-0.05, 0) is 18.9 Å². The first-order valence-corrected chi connectivity index (χ1v) is 8.78. The van der Waals surface area contributed by atoms with E-state index in [4.69, 9.17) is 4.74 Å². The van der Waals surface area contributed by atoms with Gasteiger partial charge in [0.1, 0.15) is 5.75 Å². The lowest BCUT2D eigenvalue weighted by Crippen LogP contribution is -2.25. The van der Waals surface area contributed by atoms with Crippen molar-refractivity contribution in [1.29, 1.82) is 0 Å². The van der Waals surface area contributed by atoms with Crippen LogP contribution in [0.1, 0.15) is 84.3 Å². The summed E-state index contributed by atoms with van der Waals surface area (Å²) < 4.78 is 7.89. The van der Waals surface area contributed by atoms with Crippen molar-refractivity contribution in [2.24, 2.45) is 7.05 Å². The SMILES string of the molecule is CCCCCCC(C)(CCCCC)c1c(OC)ccn1C. The van der Waals surface area contributed by atoms with Gasteiger partial charge >= 0.3 is 0 Å². The lowest BCUT2D eigenvalue weighted by atomic mass is 9.76. The van der Waals surface area contributed by atoms with Crippen LogP contribution in [0.3, 0.4) is 0 Å². The molecule has 0 bridgehead atoms. The molecule has 0 aliphatic rings. The molecule has 1 atom stereocenters. The molecule has 1 aromatic rings. The zero-order valence-electron chi connectivity index (χ0n) is 14.9. The summed E-state index contributed by atoms with van der Waals surface area (Å²) in [6, 6.07) is 2.11. The van der Waals surface area contributed by atoms with Crippen molar-refractivity contribution >= 4 is 0 Å². The molecule has 0 amide bonds. The molecule has 0 saturated carbocycles. The Morgan fingerprint density at radius 1 is 1.00 bits per heavy atom. The number of hydrogen-bond acceptors (Lipinski definition) is 1. The molecule has 2 heteroatoms. The molecular formula is C19H35NO. The monoisotopic (exact) mass is 293 g/mol. The van der Waals surface area contributed by atoms with Crippen LogP contribution in [-0.2, 0) is 12.5 Å². The average molecular weight is 293 g/mol. The summed E-state index contributed by atoms with van der Waals surface area (Å²) in [5.74, 6) is 1.06. The van der Waals surface area contributed by atoms with E-state index in [2.05, 4.69) is 44.6 Å². The fourth-order valence-electron chi connectivity index (χ4n) is 3.46. The van der Waals surface area contributed by atoms with Crippen molar-refractivity contribution in [3.8, 4) is 5.75 Å². The predicted octanol–water partition coefficient (Wildman–Crippen LogP) is 5.84. The third-order valence-corrected chi connectivity index (χ3v) is 4.74. The zero-order chi connectivity index (χ0) is 15.7. The molecule has 2 nitrogen and oxygen atoms in total. The third kappa shape index (κ3) is 5.09. The molecule has 1 unspecified atom stereocenters. The topological polar surface area (TPSA) is 14.2 Å². The molecule has 1 heterocycles. The van der Waals surface area contributed by atoms with E-state index in [1.54, 1.807) is 7.11 Å². The van der Waals surface area contributed by atoms with Crippen molar-refractivity contribution in [2.45, 2.75) is 84.0 Å². The minimum atomic E-state index is 0.243. The first kappa shape index (κ1) is 18.1. The fourth-order valence-corrected chi connectivity index (χ4v) is 3.46. The largest absolute Gasteiger partial charge is 0.495 e. The lowest BCUT2D eigenvalue weighted by molar-refractivity contribution is 0.325. The molecule has 1 rings (SSSR count). The lowest BCUT2D eigenvalue weighted by Gasteiger charge is -2.31. The smallest absolute Gasteiger partial charge is 0.140 e. The molecule has 1 aromatic heterocycles. The normalized spacial score (nSPS) is 14.1. The highest BCUT2D eigenvalue weighted by Crippen LogP contribution is 2.40. The number of rotatable bonds is 11. The summed E-state index contributed by atoms with van der Waals surface area (Å²) in [7, 11) is 3.95. The summed E-state index contributed by atoms with van der Waals surface area (Å²) >= 11 is 0. The van der Waals surface area contributed by atoms with Crippen LogP contribution >= 0.6 is 0 Å². The van der Waals surface area contributed by atoms with E-state index in [0.29, 0.717) is 0 Å². The quantitative estimate of drug-likeness (QED) is 0.467. The highest BCUT2D eigenvalue weighted by Gasteiger charge is 2.31. The van der Waals surface area contributed by atoms with Gasteiger partial charge in [0.15, 0.2) is 0 Å². The second-order valence-corrected chi connectivity index (χ2v) is 6.67. The van der Waals surface area contributed by atoms with Gasteiger partial charge in [0.05, 0.1) is 12.8 Å². The molecule has 0 fully saturated rings. The van der Waals surface area contributed by atoms with Crippen LogP contribution in [0.15, 0.2) is 12.3 Å². The Hall–Kier alpha value is -0.920. The second kappa shape index (κ2) is 9.17. The van der Waals surface area contributed by atoms with Crippen LogP contribution in [0, 0.1) is 0 Å². The van der Waals surface area contributed by atoms with E-state index in [1.807, 2.05) is 0 Å². The van der Waals surface area contributed by atoms with Gasteiger partial charge in [-0.25, -0.2) is 0 Å². The van der Waals surface area contributed by atoms with Gasteiger partial charge in [-0.1, -0.05) is 65.7 Å². The van der Waals surface area contributed by atoms with E-state index in [0.717, 1.165) is 5.75 Å². The first-order valence-electron chi connectivity index (χ1n) is 8.78. The number of methoxy groups -OCH3 is 1. The molecule has 21 heavy (non-hydrogen) atoms. The Morgan fingerprint density at radius 2 is 1.57 bits per heavy atom. The number of nitrogens with zero attached hydrogens (tertiary/aromatic N) is 1. The van der Waals surface area contributed by atoms with Gasteiger partial charge in [0, 0.05) is 18.7 Å². The Labute approximate surface area is 131 Å². The van der Waals surface area contributed by atoms with Gasteiger partial charge in [0.2, 0.25) is 0 Å². The molecule has 122 valence electrons. The Morgan fingerprint density at radius 3 is 2.14 bits per heavy atom. The van der Waals surface area contributed by atoms with Crippen molar-refractivity contribution in [3.63, 3.8) is 0 Å². The first-order chi connectivity index (χ1) is 10.1. The van der Waals surface area contributed by atoms with Gasteiger partial charge in [-0.2, -0.15) is 0 Å². The summed E-state index contributed by atoms with van der Waals surface area (Å²) in [6.45, 7) is 6.99. The third-order valence-electron chi connectivity index (χ3n) is 4.74. The molecule has 0 aliphatic heterocycles. The second-order valence-electron chi connectivity index (χ2n) is 6.67.